The molecule has 2 amide bonds. The van der Waals surface area contributed by atoms with Crippen LogP contribution in [-0.2, 0) is 6.54 Å². The smallest absolute Gasteiger partial charge is 0.317 e. The summed E-state index contributed by atoms with van der Waals surface area (Å²) >= 11 is 0. The van der Waals surface area contributed by atoms with Gasteiger partial charge in [-0.2, -0.15) is 0 Å². The fourth-order valence-corrected chi connectivity index (χ4v) is 1.40. The summed E-state index contributed by atoms with van der Waals surface area (Å²) in [6, 6.07) is 3.07. The molecule has 0 heterocycles. The van der Waals surface area contributed by atoms with Crippen LogP contribution in [0.3, 0.4) is 0 Å². The van der Waals surface area contributed by atoms with Crippen molar-refractivity contribution in [3.05, 3.63) is 35.4 Å². The molecule has 0 spiro atoms. The SMILES string of the molecule is CC(C)CNC(=O)N(C)Cc1ccc(F)cc1F. The molecule has 0 fully saturated rings. The highest BCUT2D eigenvalue weighted by molar-refractivity contribution is 5.73. The van der Waals surface area contributed by atoms with Crippen LogP contribution < -0.4 is 5.32 Å². The molecular formula is C13H18F2N2O. The van der Waals surface area contributed by atoms with E-state index in [2.05, 4.69) is 5.32 Å². The Hall–Kier alpha value is -1.65. The van der Waals surface area contributed by atoms with Crippen molar-refractivity contribution in [1.29, 1.82) is 0 Å². The third-order valence-electron chi connectivity index (χ3n) is 2.43. The van der Waals surface area contributed by atoms with E-state index < -0.39 is 11.6 Å². The van der Waals surface area contributed by atoms with Gasteiger partial charge in [-0.05, 0) is 12.0 Å². The van der Waals surface area contributed by atoms with Crippen LogP contribution in [0.1, 0.15) is 19.4 Å². The lowest BCUT2D eigenvalue weighted by atomic mass is 10.2. The Morgan fingerprint density at radius 1 is 1.39 bits per heavy atom. The maximum Gasteiger partial charge on any atom is 0.317 e. The van der Waals surface area contributed by atoms with Crippen molar-refractivity contribution in [2.45, 2.75) is 20.4 Å². The number of carbonyl (C=O) groups excluding carboxylic acids is 1. The highest BCUT2D eigenvalue weighted by Crippen LogP contribution is 2.11. The van der Waals surface area contributed by atoms with Crippen molar-refractivity contribution in [3.8, 4) is 0 Å². The molecule has 0 radical (unpaired) electrons. The summed E-state index contributed by atoms with van der Waals surface area (Å²) in [6.45, 7) is 4.64. The molecule has 0 aliphatic heterocycles. The van der Waals surface area contributed by atoms with Crippen molar-refractivity contribution in [3.63, 3.8) is 0 Å². The van der Waals surface area contributed by atoms with E-state index in [-0.39, 0.29) is 12.6 Å². The summed E-state index contributed by atoms with van der Waals surface area (Å²) in [5, 5.41) is 2.72. The number of hydrogen-bond acceptors (Lipinski definition) is 1. The molecule has 0 aromatic heterocycles. The zero-order valence-corrected chi connectivity index (χ0v) is 10.8. The molecule has 1 rings (SSSR count). The molecule has 18 heavy (non-hydrogen) atoms. The first kappa shape index (κ1) is 14.4. The largest absolute Gasteiger partial charge is 0.338 e. The first-order valence-electron chi connectivity index (χ1n) is 5.83. The van der Waals surface area contributed by atoms with Gasteiger partial charge in [0.1, 0.15) is 11.6 Å². The van der Waals surface area contributed by atoms with Gasteiger partial charge in [0, 0.05) is 31.8 Å². The molecular weight excluding hydrogens is 238 g/mol. The van der Waals surface area contributed by atoms with Gasteiger partial charge in [-0.3, -0.25) is 0 Å². The Labute approximate surface area is 106 Å². The molecule has 0 atom stereocenters. The molecule has 0 saturated carbocycles. The van der Waals surface area contributed by atoms with E-state index >= 15 is 0 Å². The van der Waals surface area contributed by atoms with E-state index in [9.17, 15) is 13.6 Å². The second-order valence-corrected chi connectivity index (χ2v) is 4.67. The molecule has 0 unspecified atom stereocenters. The predicted molar refractivity (Wildman–Crippen MR) is 66.1 cm³/mol. The van der Waals surface area contributed by atoms with Gasteiger partial charge in [0.25, 0.3) is 0 Å². The monoisotopic (exact) mass is 256 g/mol. The molecule has 1 aromatic rings. The van der Waals surface area contributed by atoms with Crippen molar-refractivity contribution >= 4 is 6.03 Å². The summed E-state index contributed by atoms with van der Waals surface area (Å²) in [7, 11) is 1.57. The van der Waals surface area contributed by atoms with Crippen molar-refractivity contribution in [1.82, 2.24) is 10.2 Å². The Bertz CT molecular complexity index is 421. The normalized spacial score (nSPS) is 10.6. The Morgan fingerprint density at radius 3 is 2.61 bits per heavy atom. The van der Waals surface area contributed by atoms with E-state index in [4.69, 9.17) is 0 Å². The first-order chi connectivity index (χ1) is 8.40. The standard InChI is InChI=1S/C13H18F2N2O/c1-9(2)7-16-13(18)17(3)8-10-4-5-11(14)6-12(10)15/h4-6,9H,7-8H2,1-3H3,(H,16,18). The van der Waals surface area contributed by atoms with Gasteiger partial charge >= 0.3 is 6.03 Å². The third kappa shape index (κ3) is 4.31. The van der Waals surface area contributed by atoms with E-state index in [1.54, 1.807) is 7.05 Å². The fourth-order valence-electron chi connectivity index (χ4n) is 1.40. The van der Waals surface area contributed by atoms with Gasteiger partial charge in [0.05, 0.1) is 0 Å². The van der Waals surface area contributed by atoms with Crippen molar-refractivity contribution in [2.75, 3.05) is 13.6 Å². The Balaban J connectivity index is 2.58. The molecule has 1 aromatic carbocycles. The van der Waals surface area contributed by atoms with Crippen LogP contribution in [0.2, 0.25) is 0 Å². The summed E-state index contributed by atoms with van der Waals surface area (Å²) in [6.07, 6.45) is 0. The number of amides is 2. The minimum Gasteiger partial charge on any atom is -0.338 e. The average Bonchev–Trinajstić information content (AvgIpc) is 2.29. The quantitative estimate of drug-likeness (QED) is 0.882. The van der Waals surface area contributed by atoms with Crippen LogP contribution in [0.5, 0.6) is 0 Å². The van der Waals surface area contributed by atoms with Crippen LogP contribution in [0, 0.1) is 17.6 Å². The second kappa shape index (κ2) is 6.33. The maximum absolute atomic E-state index is 13.4. The zero-order chi connectivity index (χ0) is 13.7. The molecule has 0 aliphatic rings. The van der Waals surface area contributed by atoms with Gasteiger partial charge < -0.3 is 10.2 Å². The average molecular weight is 256 g/mol. The molecule has 1 N–H and O–H groups in total. The molecule has 0 saturated heterocycles. The van der Waals surface area contributed by atoms with Crippen LogP contribution in [0.25, 0.3) is 0 Å². The predicted octanol–water partition coefficient (Wildman–Crippen LogP) is 2.76. The third-order valence-corrected chi connectivity index (χ3v) is 2.43. The minimum atomic E-state index is -0.640. The Morgan fingerprint density at radius 2 is 2.06 bits per heavy atom. The van der Waals surface area contributed by atoms with Gasteiger partial charge in [-0.25, -0.2) is 13.6 Å². The van der Waals surface area contributed by atoms with E-state index in [1.165, 1.54) is 17.0 Å². The van der Waals surface area contributed by atoms with Gasteiger partial charge in [0.15, 0.2) is 0 Å². The molecule has 5 heteroatoms. The number of hydrogen-bond donors (Lipinski definition) is 1. The molecule has 0 bridgehead atoms. The highest BCUT2D eigenvalue weighted by Gasteiger charge is 2.12. The summed E-state index contributed by atoms with van der Waals surface area (Å²) in [5.41, 5.74) is 0.290. The zero-order valence-electron chi connectivity index (χ0n) is 10.8. The number of urea groups is 1. The van der Waals surface area contributed by atoms with Crippen LogP contribution >= 0.6 is 0 Å². The number of nitrogens with zero attached hydrogens (tertiary/aromatic N) is 1. The van der Waals surface area contributed by atoms with E-state index in [0.717, 1.165) is 6.07 Å². The molecule has 3 nitrogen and oxygen atoms in total. The van der Waals surface area contributed by atoms with E-state index in [0.29, 0.717) is 18.0 Å². The lowest BCUT2D eigenvalue weighted by molar-refractivity contribution is 0.205. The van der Waals surface area contributed by atoms with E-state index in [1.807, 2.05) is 13.8 Å². The number of nitrogens with one attached hydrogen (secondary N) is 1. The maximum atomic E-state index is 13.4. The summed E-state index contributed by atoms with van der Waals surface area (Å²) in [5.74, 6) is -0.911. The number of halogens is 2. The van der Waals surface area contributed by atoms with Crippen LogP contribution in [-0.4, -0.2) is 24.5 Å². The lowest BCUT2D eigenvalue weighted by Crippen LogP contribution is -2.38. The second-order valence-electron chi connectivity index (χ2n) is 4.67. The first-order valence-corrected chi connectivity index (χ1v) is 5.83. The lowest BCUT2D eigenvalue weighted by Gasteiger charge is -2.19. The van der Waals surface area contributed by atoms with Gasteiger partial charge in [-0.1, -0.05) is 19.9 Å². The number of benzene rings is 1. The minimum absolute atomic E-state index is 0.107. The number of carbonyl (C=O) groups is 1. The highest BCUT2D eigenvalue weighted by atomic mass is 19.1. The van der Waals surface area contributed by atoms with Gasteiger partial charge in [0.2, 0.25) is 0 Å². The molecule has 100 valence electrons. The fraction of sp³-hybridized carbons (Fsp3) is 0.462. The summed E-state index contributed by atoms with van der Waals surface area (Å²) < 4.78 is 26.1. The van der Waals surface area contributed by atoms with Gasteiger partial charge in [-0.15, -0.1) is 0 Å². The van der Waals surface area contributed by atoms with Crippen LogP contribution in [0.15, 0.2) is 18.2 Å². The van der Waals surface area contributed by atoms with Crippen molar-refractivity contribution < 1.29 is 13.6 Å². The number of rotatable bonds is 4. The topological polar surface area (TPSA) is 32.3 Å². The van der Waals surface area contributed by atoms with Crippen molar-refractivity contribution in [2.24, 2.45) is 5.92 Å². The summed E-state index contributed by atoms with van der Waals surface area (Å²) in [4.78, 5) is 13.0. The van der Waals surface area contributed by atoms with Crippen LogP contribution in [0.4, 0.5) is 13.6 Å². The Kier molecular flexibility index (Phi) is 5.07. The molecule has 0 aliphatic carbocycles.